The van der Waals surface area contributed by atoms with Crippen molar-refractivity contribution in [2.45, 2.75) is 0 Å². The highest BCUT2D eigenvalue weighted by molar-refractivity contribution is 6.98. The molecule has 43 heavy (non-hydrogen) atoms. The largest absolute Gasteiger partial charge is 0.457 e. The van der Waals surface area contributed by atoms with E-state index in [1.807, 2.05) is 78.9 Å². The highest BCUT2D eigenvalue weighted by Crippen LogP contribution is 2.45. The Balaban J connectivity index is 1.44. The van der Waals surface area contributed by atoms with Gasteiger partial charge in [-0.1, -0.05) is 115 Å². The Morgan fingerprint density at radius 2 is 0.884 bits per heavy atom. The Bertz CT molecular complexity index is 2020. The Hall–Kier alpha value is -6.04. The molecule has 0 saturated heterocycles. The molecule has 0 aliphatic carbocycles. The minimum absolute atomic E-state index is 0.311. The summed E-state index contributed by atoms with van der Waals surface area (Å²) in [6.45, 7) is -0.311. The molecule has 0 radical (unpaired) electrons. The predicted octanol–water partition coefficient (Wildman–Crippen LogP) is 7.16. The highest BCUT2D eigenvalue weighted by atomic mass is 16.5. The van der Waals surface area contributed by atoms with Crippen LogP contribution in [0.4, 0.5) is 0 Å². The van der Waals surface area contributed by atoms with Crippen LogP contribution in [-0.4, -0.2) is 6.71 Å². The van der Waals surface area contributed by atoms with Crippen molar-refractivity contribution in [3.8, 4) is 68.5 Å². The number of benzene rings is 6. The van der Waals surface area contributed by atoms with Crippen LogP contribution in [0, 0.1) is 22.7 Å². The minimum atomic E-state index is -0.311. The van der Waals surface area contributed by atoms with Crippen LogP contribution in [0.15, 0.2) is 127 Å². The maximum Gasteiger partial charge on any atom is 0.260 e. The van der Waals surface area contributed by atoms with Gasteiger partial charge in [-0.2, -0.15) is 10.5 Å². The van der Waals surface area contributed by atoms with Gasteiger partial charge < -0.3 is 9.47 Å². The Labute approximate surface area is 249 Å². The Morgan fingerprint density at radius 1 is 0.465 bits per heavy atom. The maximum absolute atomic E-state index is 10.6. The van der Waals surface area contributed by atoms with Gasteiger partial charge in [0.1, 0.15) is 46.3 Å². The van der Waals surface area contributed by atoms with E-state index in [9.17, 15) is 10.5 Å². The second-order valence-electron chi connectivity index (χ2n) is 10.7. The van der Waals surface area contributed by atoms with Gasteiger partial charge in [-0.15, -0.1) is 0 Å². The van der Waals surface area contributed by atoms with Crippen LogP contribution in [0.5, 0.6) is 23.0 Å². The van der Waals surface area contributed by atoms with Crippen molar-refractivity contribution in [2.75, 3.05) is 0 Å². The van der Waals surface area contributed by atoms with E-state index in [2.05, 4.69) is 60.7 Å². The molecule has 0 saturated carbocycles. The van der Waals surface area contributed by atoms with Gasteiger partial charge in [0.15, 0.2) is 0 Å². The van der Waals surface area contributed by atoms with Crippen molar-refractivity contribution >= 4 is 23.1 Å². The van der Waals surface area contributed by atoms with E-state index in [0.717, 1.165) is 38.7 Å². The summed E-state index contributed by atoms with van der Waals surface area (Å²) in [5.74, 6) is 2.25. The van der Waals surface area contributed by atoms with Crippen LogP contribution in [0.25, 0.3) is 33.4 Å². The average Bonchev–Trinajstić information content (AvgIpc) is 3.08. The first-order valence-electron chi connectivity index (χ1n) is 14.1. The lowest BCUT2D eigenvalue weighted by Crippen LogP contribution is -2.58. The van der Waals surface area contributed by atoms with Gasteiger partial charge in [0.05, 0.1) is 0 Å². The van der Waals surface area contributed by atoms with Crippen molar-refractivity contribution < 1.29 is 9.47 Å². The molecule has 0 aromatic heterocycles. The maximum atomic E-state index is 10.6. The fourth-order valence-corrected chi connectivity index (χ4v) is 6.36. The molecule has 2 heterocycles. The molecule has 0 amide bonds. The van der Waals surface area contributed by atoms with Crippen LogP contribution < -0.4 is 25.9 Å². The smallest absolute Gasteiger partial charge is 0.260 e. The van der Waals surface area contributed by atoms with Gasteiger partial charge in [0, 0.05) is 11.0 Å². The summed E-state index contributed by atoms with van der Waals surface area (Å²) in [6, 6.07) is 47.1. The van der Waals surface area contributed by atoms with Gasteiger partial charge in [-0.05, 0) is 50.9 Å². The van der Waals surface area contributed by atoms with Gasteiger partial charge in [-0.25, -0.2) is 0 Å². The van der Waals surface area contributed by atoms with Crippen LogP contribution in [-0.2, 0) is 0 Å². The summed E-state index contributed by atoms with van der Waals surface area (Å²) >= 11 is 0. The van der Waals surface area contributed by atoms with E-state index in [1.165, 1.54) is 0 Å². The van der Waals surface area contributed by atoms with Crippen molar-refractivity contribution in [1.29, 1.82) is 10.5 Å². The topological polar surface area (TPSA) is 66.0 Å². The Morgan fingerprint density at radius 3 is 1.30 bits per heavy atom. The minimum Gasteiger partial charge on any atom is -0.457 e. The van der Waals surface area contributed by atoms with E-state index in [-0.39, 0.29) is 6.71 Å². The zero-order valence-corrected chi connectivity index (χ0v) is 22.9. The molecule has 6 aromatic carbocycles. The summed E-state index contributed by atoms with van der Waals surface area (Å²) in [6.07, 6.45) is 0. The molecular formula is C38H21BN2O2. The zero-order valence-electron chi connectivity index (χ0n) is 22.9. The third kappa shape index (κ3) is 3.84. The van der Waals surface area contributed by atoms with Gasteiger partial charge in [-0.3, -0.25) is 0 Å². The molecule has 198 valence electrons. The van der Waals surface area contributed by atoms with E-state index in [0.29, 0.717) is 45.2 Å². The molecule has 8 rings (SSSR count). The number of ether oxygens (including phenoxy) is 2. The fourth-order valence-electron chi connectivity index (χ4n) is 6.36. The normalized spacial score (nSPS) is 12.0. The second kappa shape index (κ2) is 9.81. The molecule has 4 nitrogen and oxygen atoms in total. The van der Waals surface area contributed by atoms with E-state index in [4.69, 9.17) is 9.47 Å². The SMILES string of the molecule is N#Cc1c2c3c(c(C#N)c1-c1ccccc1)Oc1ccc(-c4ccccc4)cc1B3c1cc(-c3ccccc3)ccc1O2. The first kappa shape index (κ1) is 24.7. The molecule has 0 fully saturated rings. The third-order valence-corrected chi connectivity index (χ3v) is 8.30. The van der Waals surface area contributed by atoms with Crippen molar-refractivity contribution in [2.24, 2.45) is 0 Å². The standard InChI is InChI=1S/C38H21BN2O2/c40-22-29-35(26-14-8-3-9-15-26)30(23-41)38-36-37(29)42-33-18-16-27(24-10-4-1-5-11-24)20-31(33)39(36)32-21-28(17-19-34(32)43-38)25-12-6-2-7-13-25/h1-21H. The zero-order chi connectivity index (χ0) is 28.9. The average molecular weight is 548 g/mol. The molecular weight excluding hydrogens is 527 g/mol. The van der Waals surface area contributed by atoms with Crippen LogP contribution >= 0.6 is 0 Å². The molecule has 5 heteroatoms. The molecule has 2 aliphatic rings. The van der Waals surface area contributed by atoms with Crippen LogP contribution in [0.3, 0.4) is 0 Å². The molecule has 2 aliphatic heterocycles. The summed E-state index contributed by atoms with van der Waals surface area (Å²) in [7, 11) is 0. The number of hydrogen-bond acceptors (Lipinski definition) is 4. The molecule has 0 atom stereocenters. The predicted molar refractivity (Wildman–Crippen MR) is 170 cm³/mol. The summed E-state index contributed by atoms with van der Waals surface area (Å²) in [4.78, 5) is 0. The van der Waals surface area contributed by atoms with Gasteiger partial charge >= 0.3 is 0 Å². The van der Waals surface area contributed by atoms with Crippen LogP contribution in [0.1, 0.15) is 11.1 Å². The lowest BCUT2D eigenvalue weighted by molar-refractivity contribution is 0.463. The monoisotopic (exact) mass is 548 g/mol. The highest BCUT2D eigenvalue weighted by Gasteiger charge is 2.44. The van der Waals surface area contributed by atoms with Gasteiger partial charge in [0.2, 0.25) is 0 Å². The lowest BCUT2D eigenvalue weighted by atomic mass is 9.34. The number of nitrogens with zero attached hydrogens (tertiary/aromatic N) is 2. The summed E-state index contributed by atoms with van der Waals surface area (Å²) < 4.78 is 13.2. The molecule has 0 bridgehead atoms. The first-order chi connectivity index (χ1) is 21.2. The number of nitriles is 2. The van der Waals surface area contributed by atoms with E-state index >= 15 is 0 Å². The van der Waals surface area contributed by atoms with Crippen LogP contribution in [0.2, 0.25) is 0 Å². The molecule has 0 unspecified atom stereocenters. The molecule has 0 N–H and O–H groups in total. The van der Waals surface area contributed by atoms with Gasteiger partial charge in [0.25, 0.3) is 6.71 Å². The summed E-state index contributed by atoms with van der Waals surface area (Å²) in [5, 5.41) is 21.1. The second-order valence-corrected chi connectivity index (χ2v) is 10.7. The molecule has 0 spiro atoms. The summed E-state index contributed by atoms with van der Waals surface area (Å²) in [5.41, 5.74) is 8.88. The van der Waals surface area contributed by atoms with Crippen molar-refractivity contribution in [1.82, 2.24) is 0 Å². The van der Waals surface area contributed by atoms with Crippen molar-refractivity contribution in [3.63, 3.8) is 0 Å². The van der Waals surface area contributed by atoms with E-state index < -0.39 is 0 Å². The number of rotatable bonds is 3. The van der Waals surface area contributed by atoms with E-state index in [1.54, 1.807) is 0 Å². The third-order valence-electron chi connectivity index (χ3n) is 8.30. The number of hydrogen-bond donors (Lipinski definition) is 0. The molecule has 6 aromatic rings. The quantitative estimate of drug-likeness (QED) is 0.220. The number of fused-ring (bicyclic) bond motifs is 4. The Kier molecular flexibility index (Phi) is 5.64. The lowest BCUT2D eigenvalue weighted by Gasteiger charge is -2.35. The fraction of sp³-hybridized carbons (Fsp3) is 0. The first-order valence-corrected chi connectivity index (χ1v) is 14.1. The van der Waals surface area contributed by atoms with Crippen molar-refractivity contribution in [3.05, 3.63) is 139 Å².